The number of aliphatic hydroxyl groups is 1. The van der Waals surface area contributed by atoms with Crippen molar-refractivity contribution in [2.24, 2.45) is 0 Å². The van der Waals surface area contributed by atoms with Crippen LogP contribution in [0.3, 0.4) is 0 Å². The number of aliphatic hydroxyl groups excluding tert-OH is 1. The first-order chi connectivity index (χ1) is 10.7. The molecule has 0 fully saturated rings. The molecule has 116 valence electrons. The van der Waals surface area contributed by atoms with E-state index in [1.54, 1.807) is 0 Å². The Kier molecular flexibility index (Phi) is 3.51. The molecular formula is C18H23N3O. The summed E-state index contributed by atoms with van der Waals surface area (Å²) in [6, 6.07) is 11.5. The fourth-order valence-corrected chi connectivity index (χ4v) is 3.79. The summed E-state index contributed by atoms with van der Waals surface area (Å²) in [5, 5.41) is 14.5. The van der Waals surface area contributed by atoms with Gasteiger partial charge in [-0.25, -0.2) is 0 Å². The van der Waals surface area contributed by atoms with Crippen molar-refractivity contribution in [3.63, 3.8) is 0 Å². The Morgan fingerprint density at radius 2 is 1.95 bits per heavy atom. The molecule has 22 heavy (non-hydrogen) atoms. The minimum atomic E-state index is -0.428. The van der Waals surface area contributed by atoms with Gasteiger partial charge in [0.2, 0.25) is 0 Å². The maximum Gasteiger partial charge on any atom is 0.0975 e. The van der Waals surface area contributed by atoms with Gasteiger partial charge >= 0.3 is 0 Å². The summed E-state index contributed by atoms with van der Waals surface area (Å²) < 4.78 is 2.08. The summed E-state index contributed by atoms with van der Waals surface area (Å²) in [6.45, 7) is 4.92. The molecular weight excluding hydrogens is 274 g/mol. The average Bonchev–Trinajstić information content (AvgIpc) is 3.16. The lowest BCUT2D eigenvalue weighted by molar-refractivity contribution is 0.152. The van der Waals surface area contributed by atoms with Gasteiger partial charge in [0.25, 0.3) is 0 Å². The van der Waals surface area contributed by atoms with Crippen LogP contribution in [0.5, 0.6) is 0 Å². The van der Waals surface area contributed by atoms with Crippen LogP contribution in [0.15, 0.2) is 30.3 Å². The van der Waals surface area contributed by atoms with E-state index in [-0.39, 0.29) is 0 Å². The molecule has 4 rings (SSSR count). The van der Waals surface area contributed by atoms with E-state index < -0.39 is 6.10 Å². The summed E-state index contributed by atoms with van der Waals surface area (Å²) in [7, 11) is 0. The predicted octanol–water partition coefficient (Wildman–Crippen LogP) is 2.31. The van der Waals surface area contributed by atoms with E-state index in [9.17, 15) is 5.11 Å². The molecule has 1 aliphatic carbocycles. The monoisotopic (exact) mass is 297 g/mol. The van der Waals surface area contributed by atoms with E-state index >= 15 is 0 Å². The number of nitrogens with zero attached hydrogens (tertiary/aromatic N) is 3. The van der Waals surface area contributed by atoms with Crippen molar-refractivity contribution in [3.8, 4) is 0 Å². The summed E-state index contributed by atoms with van der Waals surface area (Å²) in [5.41, 5.74) is 5.08. The van der Waals surface area contributed by atoms with Crippen molar-refractivity contribution < 1.29 is 5.11 Å². The van der Waals surface area contributed by atoms with Gasteiger partial charge in [-0.3, -0.25) is 9.58 Å². The van der Waals surface area contributed by atoms with Gasteiger partial charge in [0.15, 0.2) is 0 Å². The van der Waals surface area contributed by atoms with Crippen LogP contribution in [0.25, 0.3) is 0 Å². The van der Waals surface area contributed by atoms with Crippen LogP contribution >= 0.6 is 0 Å². The molecule has 2 heterocycles. The molecule has 0 radical (unpaired) electrons. The molecule has 1 aromatic carbocycles. The van der Waals surface area contributed by atoms with Crippen LogP contribution in [0.1, 0.15) is 42.0 Å². The first-order valence-electron chi connectivity index (χ1n) is 8.30. The van der Waals surface area contributed by atoms with Gasteiger partial charge in [-0.2, -0.15) is 5.10 Å². The molecule has 1 N–H and O–H groups in total. The molecule has 2 aromatic rings. The number of fused-ring (bicyclic) bond motifs is 2. The highest BCUT2D eigenvalue weighted by molar-refractivity contribution is 5.33. The average molecular weight is 297 g/mol. The lowest BCUT2D eigenvalue weighted by Gasteiger charge is -2.32. The van der Waals surface area contributed by atoms with Gasteiger partial charge in [0.05, 0.1) is 24.0 Å². The van der Waals surface area contributed by atoms with E-state index in [1.165, 1.54) is 16.8 Å². The summed E-state index contributed by atoms with van der Waals surface area (Å²) in [6.07, 6.45) is 2.61. The van der Waals surface area contributed by atoms with Crippen molar-refractivity contribution in [3.05, 3.63) is 52.8 Å². The summed E-state index contributed by atoms with van der Waals surface area (Å²) in [4.78, 5) is 2.58. The normalized spacial score (nSPS) is 19.9. The third-order valence-corrected chi connectivity index (χ3v) is 5.12. The van der Waals surface area contributed by atoms with Gasteiger partial charge in [-0.15, -0.1) is 0 Å². The molecule has 0 saturated carbocycles. The lowest BCUT2D eigenvalue weighted by Crippen LogP contribution is -2.41. The highest BCUT2D eigenvalue weighted by Gasteiger charge is 2.30. The summed E-state index contributed by atoms with van der Waals surface area (Å²) >= 11 is 0. The first-order valence-corrected chi connectivity index (χ1v) is 8.30. The standard InChI is InChI=1S/C18H23N3O/c1-2-18(22)17-11-16-12-20(7-8-21(16)19-17)15-9-13-5-3-4-6-14(13)10-15/h3-6,11,15,18,22H,2,7-10,12H2,1H3. The van der Waals surface area contributed by atoms with Crippen molar-refractivity contribution in [2.45, 2.75) is 51.4 Å². The third-order valence-electron chi connectivity index (χ3n) is 5.12. The van der Waals surface area contributed by atoms with Gasteiger partial charge in [-0.1, -0.05) is 31.2 Å². The van der Waals surface area contributed by atoms with Crippen LogP contribution in [0, 0.1) is 0 Å². The van der Waals surface area contributed by atoms with Crippen LogP contribution in [-0.4, -0.2) is 32.4 Å². The second-order valence-electron chi connectivity index (χ2n) is 6.51. The van der Waals surface area contributed by atoms with E-state index in [0.29, 0.717) is 6.04 Å². The zero-order valence-corrected chi connectivity index (χ0v) is 13.1. The van der Waals surface area contributed by atoms with Crippen LogP contribution in [0.4, 0.5) is 0 Å². The smallest absolute Gasteiger partial charge is 0.0975 e. The first kappa shape index (κ1) is 14.0. The van der Waals surface area contributed by atoms with Crippen LogP contribution in [0.2, 0.25) is 0 Å². The van der Waals surface area contributed by atoms with Crippen molar-refractivity contribution in [2.75, 3.05) is 6.54 Å². The van der Waals surface area contributed by atoms with Gasteiger partial charge < -0.3 is 5.11 Å². The molecule has 1 unspecified atom stereocenters. The third kappa shape index (κ3) is 2.36. The van der Waals surface area contributed by atoms with Gasteiger partial charge in [0.1, 0.15) is 0 Å². The molecule has 1 aromatic heterocycles. The van der Waals surface area contributed by atoms with Crippen molar-refractivity contribution in [1.82, 2.24) is 14.7 Å². The zero-order valence-electron chi connectivity index (χ0n) is 13.1. The highest BCUT2D eigenvalue weighted by Crippen LogP contribution is 2.28. The van der Waals surface area contributed by atoms with Gasteiger partial charge in [-0.05, 0) is 36.5 Å². The minimum Gasteiger partial charge on any atom is -0.387 e. The minimum absolute atomic E-state index is 0.428. The van der Waals surface area contributed by atoms with Crippen molar-refractivity contribution in [1.29, 1.82) is 0 Å². The quantitative estimate of drug-likeness (QED) is 0.945. The van der Waals surface area contributed by atoms with Crippen LogP contribution in [-0.2, 0) is 25.9 Å². The molecule has 0 spiro atoms. The largest absolute Gasteiger partial charge is 0.387 e. The number of benzene rings is 1. The lowest BCUT2D eigenvalue weighted by atomic mass is 10.1. The molecule has 2 aliphatic rings. The molecule has 1 aliphatic heterocycles. The SMILES string of the molecule is CCC(O)c1cc2n(n1)CCN(C1Cc3ccccc3C1)C2. The second-order valence-corrected chi connectivity index (χ2v) is 6.51. The Hall–Kier alpha value is -1.65. The van der Waals surface area contributed by atoms with E-state index in [2.05, 4.69) is 45.0 Å². The fourth-order valence-electron chi connectivity index (χ4n) is 3.79. The number of rotatable bonds is 3. The van der Waals surface area contributed by atoms with Crippen molar-refractivity contribution >= 4 is 0 Å². The number of aromatic nitrogens is 2. The van der Waals surface area contributed by atoms with Crippen LogP contribution < -0.4 is 0 Å². The summed E-state index contributed by atoms with van der Waals surface area (Å²) in [5.74, 6) is 0. The van der Waals surface area contributed by atoms with E-state index in [1.807, 2.05) is 6.92 Å². The molecule has 0 amide bonds. The Morgan fingerprint density at radius 3 is 2.64 bits per heavy atom. The van der Waals surface area contributed by atoms with E-state index in [4.69, 9.17) is 0 Å². The molecule has 0 bridgehead atoms. The number of hydrogen-bond donors (Lipinski definition) is 1. The topological polar surface area (TPSA) is 41.3 Å². The maximum absolute atomic E-state index is 9.98. The maximum atomic E-state index is 9.98. The predicted molar refractivity (Wildman–Crippen MR) is 85.5 cm³/mol. The molecule has 1 atom stereocenters. The second kappa shape index (κ2) is 5.52. The molecule has 4 heteroatoms. The van der Waals surface area contributed by atoms with Gasteiger partial charge in [0, 0.05) is 19.1 Å². The fraction of sp³-hybridized carbons (Fsp3) is 0.500. The zero-order chi connectivity index (χ0) is 15.1. The Bertz CT molecular complexity index is 654. The van der Waals surface area contributed by atoms with E-state index in [0.717, 1.165) is 44.6 Å². The Balaban J connectivity index is 1.50. The molecule has 0 saturated heterocycles. The molecule has 4 nitrogen and oxygen atoms in total. The number of hydrogen-bond acceptors (Lipinski definition) is 3. The highest BCUT2D eigenvalue weighted by atomic mass is 16.3. The Labute approximate surface area is 131 Å². The Morgan fingerprint density at radius 1 is 1.23 bits per heavy atom.